The summed E-state index contributed by atoms with van der Waals surface area (Å²) in [4.78, 5) is 0.271. The minimum Gasteiger partial charge on any atom is -0.494 e. The molecule has 0 saturated heterocycles. The predicted molar refractivity (Wildman–Crippen MR) is 83.9 cm³/mol. The van der Waals surface area contributed by atoms with Crippen molar-refractivity contribution in [3.8, 4) is 5.75 Å². The van der Waals surface area contributed by atoms with E-state index in [2.05, 4.69) is 10.0 Å². The number of thioether (sulfide) groups is 1. The number of hydrogen-bond donors (Lipinski definition) is 2. The van der Waals surface area contributed by atoms with Gasteiger partial charge in [0, 0.05) is 24.4 Å². The third-order valence-electron chi connectivity index (χ3n) is 2.61. The zero-order chi connectivity index (χ0) is 15.0. The maximum Gasteiger partial charge on any atom is 0.240 e. The van der Waals surface area contributed by atoms with Crippen LogP contribution in [-0.2, 0) is 16.6 Å². The fourth-order valence-electron chi connectivity index (χ4n) is 1.71. The standard InChI is InChI=1S/C13H22N2O3S2/c1-4-18-13-6-5-12(9-11(13)10-14-2)20(16,17)15-7-8-19-3/h5-6,9,14-15H,4,7-8,10H2,1-3H3. The van der Waals surface area contributed by atoms with Crippen LogP contribution in [0, 0.1) is 0 Å². The summed E-state index contributed by atoms with van der Waals surface area (Å²) in [5, 5.41) is 3.02. The van der Waals surface area contributed by atoms with E-state index in [0.717, 1.165) is 11.3 Å². The highest BCUT2D eigenvalue weighted by Crippen LogP contribution is 2.22. The Hall–Kier alpha value is -0.760. The average molecular weight is 318 g/mol. The minimum absolute atomic E-state index is 0.271. The van der Waals surface area contributed by atoms with E-state index >= 15 is 0 Å². The summed E-state index contributed by atoms with van der Waals surface area (Å²) >= 11 is 1.60. The smallest absolute Gasteiger partial charge is 0.240 e. The summed E-state index contributed by atoms with van der Waals surface area (Å²) in [7, 11) is -1.64. The zero-order valence-electron chi connectivity index (χ0n) is 12.1. The summed E-state index contributed by atoms with van der Waals surface area (Å²) < 4.78 is 32.4. The second-order valence-electron chi connectivity index (χ2n) is 4.12. The Morgan fingerprint density at radius 3 is 2.70 bits per heavy atom. The maximum absolute atomic E-state index is 12.2. The van der Waals surface area contributed by atoms with Gasteiger partial charge in [0.1, 0.15) is 5.75 Å². The molecule has 2 N–H and O–H groups in total. The van der Waals surface area contributed by atoms with Crippen LogP contribution in [-0.4, -0.2) is 40.6 Å². The molecule has 0 bridgehead atoms. The van der Waals surface area contributed by atoms with Crippen molar-refractivity contribution in [2.75, 3.05) is 32.2 Å². The Balaban J connectivity index is 2.97. The molecule has 0 atom stereocenters. The molecule has 20 heavy (non-hydrogen) atoms. The van der Waals surface area contributed by atoms with Crippen LogP contribution in [0.2, 0.25) is 0 Å². The van der Waals surface area contributed by atoms with Crippen molar-refractivity contribution < 1.29 is 13.2 Å². The molecule has 0 radical (unpaired) electrons. The van der Waals surface area contributed by atoms with Gasteiger partial charge in [0.05, 0.1) is 11.5 Å². The summed E-state index contributed by atoms with van der Waals surface area (Å²) in [6, 6.07) is 4.94. The van der Waals surface area contributed by atoms with E-state index in [0.29, 0.717) is 25.4 Å². The minimum atomic E-state index is -3.45. The van der Waals surface area contributed by atoms with E-state index in [1.807, 2.05) is 20.2 Å². The number of sulfonamides is 1. The lowest BCUT2D eigenvalue weighted by molar-refractivity contribution is 0.335. The zero-order valence-corrected chi connectivity index (χ0v) is 13.7. The predicted octanol–water partition coefficient (Wildman–Crippen LogP) is 1.45. The molecule has 0 saturated carbocycles. The van der Waals surface area contributed by atoms with Crippen LogP contribution < -0.4 is 14.8 Å². The van der Waals surface area contributed by atoms with E-state index in [1.165, 1.54) is 0 Å². The van der Waals surface area contributed by atoms with Crippen molar-refractivity contribution in [3.05, 3.63) is 23.8 Å². The van der Waals surface area contributed by atoms with Crippen molar-refractivity contribution in [2.24, 2.45) is 0 Å². The van der Waals surface area contributed by atoms with Gasteiger partial charge in [0.2, 0.25) is 10.0 Å². The van der Waals surface area contributed by atoms with Gasteiger partial charge in [-0.2, -0.15) is 11.8 Å². The molecular weight excluding hydrogens is 296 g/mol. The molecule has 0 spiro atoms. The number of rotatable bonds is 9. The number of benzene rings is 1. The van der Waals surface area contributed by atoms with Crippen molar-refractivity contribution in [1.29, 1.82) is 0 Å². The summed E-state index contributed by atoms with van der Waals surface area (Å²) in [6.07, 6.45) is 1.94. The summed E-state index contributed by atoms with van der Waals surface area (Å²) in [5.41, 5.74) is 0.835. The Bertz CT molecular complexity index is 518. The third-order valence-corrected chi connectivity index (χ3v) is 4.68. The average Bonchev–Trinajstić information content (AvgIpc) is 2.41. The van der Waals surface area contributed by atoms with Crippen LogP contribution in [0.1, 0.15) is 12.5 Å². The maximum atomic E-state index is 12.2. The van der Waals surface area contributed by atoms with Crippen LogP contribution in [0.15, 0.2) is 23.1 Å². The lowest BCUT2D eigenvalue weighted by Crippen LogP contribution is -2.26. The van der Waals surface area contributed by atoms with Gasteiger partial charge in [0.25, 0.3) is 0 Å². The molecule has 5 nitrogen and oxygen atoms in total. The Labute approximate surface area is 125 Å². The number of hydrogen-bond acceptors (Lipinski definition) is 5. The van der Waals surface area contributed by atoms with Crippen LogP contribution in [0.25, 0.3) is 0 Å². The van der Waals surface area contributed by atoms with Gasteiger partial charge in [-0.05, 0) is 38.4 Å². The SMILES string of the molecule is CCOc1ccc(S(=O)(=O)NCCSC)cc1CNC. The van der Waals surface area contributed by atoms with Gasteiger partial charge in [-0.15, -0.1) is 0 Å². The lowest BCUT2D eigenvalue weighted by atomic mass is 10.2. The quantitative estimate of drug-likeness (QED) is 0.675. The molecule has 7 heteroatoms. The molecule has 1 aromatic carbocycles. The first kappa shape index (κ1) is 17.3. The molecule has 0 fully saturated rings. The molecule has 0 aliphatic carbocycles. The van der Waals surface area contributed by atoms with Crippen molar-refractivity contribution in [2.45, 2.75) is 18.4 Å². The topological polar surface area (TPSA) is 67.4 Å². The fraction of sp³-hybridized carbons (Fsp3) is 0.538. The van der Waals surface area contributed by atoms with Gasteiger partial charge in [-0.3, -0.25) is 0 Å². The Morgan fingerprint density at radius 1 is 1.35 bits per heavy atom. The highest BCUT2D eigenvalue weighted by Gasteiger charge is 2.15. The molecule has 1 rings (SSSR count). The molecule has 114 valence electrons. The van der Waals surface area contributed by atoms with Crippen LogP contribution >= 0.6 is 11.8 Å². The van der Waals surface area contributed by atoms with E-state index in [1.54, 1.807) is 30.0 Å². The van der Waals surface area contributed by atoms with Gasteiger partial charge >= 0.3 is 0 Å². The van der Waals surface area contributed by atoms with Crippen LogP contribution in [0.3, 0.4) is 0 Å². The second kappa shape index (κ2) is 8.51. The molecule has 0 heterocycles. The molecule has 0 aliphatic rings. The largest absolute Gasteiger partial charge is 0.494 e. The van der Waals surface area contributed by atoms with E-state index in [-0.39, 0.29) is 4.90 Å². The monoisotopic (exact) mass is 318 g/mol. The van der Waals surface area contributed by atoms with Gasteiger partial charge in [-0.25, -0.2) is 13.1 Å². The highest BCUT2D eigenvalue weighted by atomic mass is 32.2. The van der Waals surface area contributed by atoms with Crippen molar-refractivity contribution in [1.82, 2.24) is 10.0 Å². The molecular formula is C13H22N2O3S2. The normalized spacial score (nSPS) is 11.6. The first-order valence-corrected chi connectivity index (χ1v) is 9.31. The van der Waals surface area contributed by atoms with E-state index in [9.17, 15) is 8.42 Å². The Kier molecular flexibility index (Phi) is 7.36. The van der Waals surface area contributed by atoms with Crippen LogP contribution in [0.5, 0.6) is 5.75 Å². The molecule has 0 unspecified atom stereocenters. The Morgan fingerprint density at radius 2 is 2.10 bits per heavy atom. The first-order valence-electron chi connectivity index (χ1n) is 6.44. The second-order valence-corrected chi connectivity index (χ2v) is 6.88. The summed E-state index contributed by atoms with van der Waals surface area (Å²) in [6.45, 7) is 3.44. The molecule has 0 amide bonds. The molecule has 0 aromatic heterocycles. The van der Waals surface area contributed by atoms with Gasteiger partial charge in [0.15, 0.2) is 0 Å². The van der Waals surface area contributed by atoms with Crippen molar-refractivity contribution >= 4 is 21.8 Å². The van der Waals surface area contributed by atoms with Crippen molar-refractivity contribution in [3.63, 3.8) is 0 Å². The number of ether oxygens (including phenoxy) is 1. The summed E-state index contributed by atoms with van der Waals surface area (Å²) in [5.74, 6) is 1.46. The first-order chi connectivity index (χ1) is 9.55. The lowest BCUT2D eigenvalue weighted by Gasteiger charge is -2.12. The molecule has 1 aromatic rings. The van der Waals surface area contributed by atoms with E-state index < -0.39 is 10.0 Å². The van der Waals surface area contributed by atoms with Gasteiger partial charge in [-0.1, -0.05) is 0 Å². The third kappa shape index (κ3) is 4.97. The fourth-order valence-corrected chi connectivity index (χ4v) is 3.23. The van der Waals surface area contributed by atoms with E-state index in [4.69, 9.17) is 4.74 Å². The van der Waals surface area contributed by atoms with Gasteiger partial charge < -0.3 is 10.1 Å². The van der Waals surface area contributed by atoms with Crippen LogP contribution in [0.4, 0.5) is 0 Å². The molecule has 0 aliphatic heterocycles. The number of nitrogens with one attached hydrogen (secondary N) is 2. The highest BCUT2D eigenvalue weighted by molar-refractivity contribution is 7.98.